The summed E-state index contributed by atoms with van der Waals surface area (Å²) in [6.45, 7) is 1.10. The van der Waals surface area contributed by atoms with Gasteiger partial charge in [0.1, 0.15) is 29.1 Å². The van der Waals surface area contributed by atoms with E-state index in [0.29, 0.717) is 35.8 Å². The summed E-state index contributed by atoms with van der Waals surface area (Å²) in [5, 5.41) is 11.1. The molecule has 30 heavy (non-hydrogen) atoms. The molecule has 3 rings (SSSR count). The molecule has 2 aromatic rings. The molecule has 1 aromatic carbocycles. The summed E-state index contributed by atoms with van der Waals surface area (Å²) in [6, 6.07) is 7.40. The smallest absolute Gasteiger partial charge is 0.295 e. The van der Waals surface area contributed by atoms with Gasteiger partial charge in [-0.25, -0.2) is 0 Å². The van der Waals surface area contributed by atoms with Crippen LogP contribution in [0.4, 0.5) is 0 Å². The summed E-state index contributed by atoms with van der Waals surface area (Å²) in [5.74, 6) is -0.461. The van der Waals surface area contributed by atoms with Crippen LogP contribution in [0.25, 0.3) is 5.76 Å². The Kier molecular flexibility index (Phi) is 6.47. The minimum absolute atomic E-state index is 0.0248. The maximum atomic E-state index is 12.9. The number of furan rings is 1. The van der Waals surface area contributed by atoms with Crippen molar-refractivity contribution in [2.75, 3.05) is 41.4 Å². The van der Waals surface area contributed by atoms with E-state index in [9.17, 15) is 14.7 Å². The number of aliphatic hydroxyl groups excluding tert-OH is 1. The number of likely N-dealkylation sites (tertiary alicyclic amines) is 1. The van der Waals surface area contributed by atoms with Gasteiger partial charge in [0.15, 0.2) is 0 Å². The highest BCUT2D eigenvalue weighted by atomic mass is 16.5. The number of carbonyl (C=O) groups is 2. The van der Waals surface area contributed by atoms with Crippen LogP contribution in [0.1, 0.15) is 23.8 Å². The first-order chi connectivity index (χ1) is 14.4. The zero-order chi connectivity index (χ0) is 21.8. The second kappa shape index (κ2) is 9.04. The molecular formula is C22H26N2O6. The van der Waals surface area contributed by atoms with Gasteiger partial charge >= 0.3 is 0 Å². The highest BCUT2D eigenvalue weighted by Crippen LogP contribution is 2.41. The van der Waals surface area contributed by atoms with Crippen LogP contribution < -0.4 is 9.47 Å². The van der Waals surface area contributed by atoms with Crippen molar-refractivity contribution in [3.8, 4) is 11.5 Å². The fourth-order valence-corrected chi connectivity index (χ4v) is 3.55. The molecule has 1 amide bonds. The van der Waals surface area contributed by atoms with Gasteiger partial charge in [0.25, 0.3) is 11.7 Å². The number of ether oxygens (including phenoxy) is 2. The Labute approximate surface area is 175 Å². The number of benzene rings is 1. The van der Waals surface area contributed by atoms with Gasteiger partial charge in [-0.3, -0.25) is 9.59 Å². The van der Waals surface area contributed by atoms with E-state index in [1.807, 2.05) is 19.0 Å². The van der Waals surface area contributed by atoms with E-state index in [1.54, 1.807) is 30.3 Å². The number of Topliss-reactive ketones (excluding diaryl/α,β-unsaturated/α-hetero) is 1. The predicted octanol–water partition coefficient (Wildman–Crippen LogP) is 2.67. The van der Waals surface area contributed by atoms with Crippen molar-refractivity contribution in [2.24, 2.45) is 0 Å². The Morgan fingerprint density at radius 3 is 2.57 bits per heavy atom. The van der Waals surface area contributed by atoms with Gasteiger partial charge in [-0.2, -0.15) is 0 Å². The topological polar surface area (TPSA) is 92.5 Å². The minimum atomic E-state index is -0.811. The van der Waals surface area contributed by atoms with E-state index in [0.717, 1.165) is 6.54 Å². The Morgan fingerprint density at radius 2 is 1.97 bits per heavy atom. The molecule has 8 nitrogen and oxygen atoms in total. The maximum Gasteiger partial charge on any atom is 0.295 e. The highest BCUT2D eigenvalue weighted by Gasteiger charge is 2.47. The molecule has 8 heteroatoms. The zero-order valence-electron chi connectivity index (χ0n) is 17.5. The van der Waals surface area contributed by atoms with Gasteiger partial charge in [-0.05, 0) is 51.3 Å². The number of carbonyl (C=O) groups excluding carboxylic acids is 2. The molecule has 1 N–H and O–H groups in total. The molecule has 0 radical (unpaired) electrons. The van der Waals surface area contributed by atoms with Gasteiger partial charge in [-0.15, -0.1) is 0 Å². The molecule has 1 fully saturated rings. The van der Waals surface area contributed by atoms with Gasteiger partial charge in [0.05, 0.1) is 31.6 Å². The van der Waals surface area contributed by atoms with Crippen molar-refractivity contribution in [1.29, 1.82) is 0 Å². The molecule has 1 atom stereocenters. The first-order valence-electron chi connectivity index (χ1n) is 9.58. The van der Waals surface area contributed by atoms with Crippen LogP contribution in [-0.4, -0.2) is 68.0 Å². The van der Waals surface area contributed by atoms with Crippen molar-refractivity contribution < 1.29 is 28.6 Å². The van der Waals surface area contributed by atoms with E-state index in [2.05, 4.69) is 0 Å². The third-order valence-corrected chi connectivity index (χ3v) is 5.02. The lowest BCUT2D eigenvalue weighted by molar-refractivity contribution is -0.140. The highest BCUT2D eigenvalue weighted by molar-refractivity contribution is 6.46. The third-order valence-electron chi connectivity index (χ3n) is 5.02. The van der Waals surface area contributed by atoms with Crippen LogP contribution in [0.2, 0.25) is 0 Å². The molecule has 0 aliphatic carbocycles. The van der Waals surface area contributed by atoms with Crippen LogP contribution >= 0.6 is 0 Å². The number of nitrogens with zero attached hydrogens (tertiary/aromatic N) is 2. The number of methoxy groups -OCH3 is 2. The molecule has 1 aromatic heterocycles. The molecule has 1 aliphatic rings. The fraction of sp³-hybridized carbons (Fsp3) is 0.364. The molecular weight excluding hydrogens is 388 g/mol. The molecule has 1 saturated heterocycles. The van der Waals surface area contributed by atoms with Gasteiger partial charge in [0.2, 0.25) is 0 Å². The molecule has 0 spiro atoms. The second-order valence-corrected chi connectivity index (χ2v) is 7.23. The van der Waals surface area contributed by atoms with Crippen LogP contribution in [0, 0.1) is 0 Å². The minimum Gasteiger partial charge on any atom is -0.507 e. The molecule has 160 valence electrons. The Morgan fingerprint density at radius 1 is 1.20 bits per heavy atom. The standard InChI is InChI=1S/C22H26N2O6/c1-23(2)10-6-11-24-19(16-7-5-12-30-16)18(21(26)22(24)27)20(25)15-9-8-14(28-3)13-17(15)29-4/h5,7-9,12-13,19,25H,6,10-11H2,1-4H3/b20-18+/t19-/m0/s1. The fourth-order valence-electron chi connectivity index (χ4n) is 3.55. The van der Waals surface area contributed by atoms with E-state index >= 15 is 0 Å². The number of hydrogen-bond donors (Lipinski definition) is 1. The summed E-state index contributed by atoms with van der Waals surface area (Å²) in [6.07, 6.45) is 2.15. The third kappa shape index (κ3) is 4.04. The first-order valence-corrected chi connectivity index (χ1v) is 9.58. The number of rotatable bonds is 8. The monoisotopic (exact) mass is 414 g/mol. The number of ketones is 1. The lowest BCUT2D eigenvalue weighted by atomic mass is 9.98. The number of amides is 1. The average Bonchev–Trinajstić information content (AvgIpc) is 3.35. The number of hydrogen-bond acceptors (Lipinski definition) is 7. The lowest BCUT2D eigenvalue weighted by Crippen LogP contribution is -2.32. The van der Waals surface area contributed by atoms with Gasteiger partial charge in [0, 0.05) is 12.6 Å². The van der Waals surface area contributed by atoms with Crippen LogP contribution in [0.3, 0.4) is 0 Å². The van der Waals surface area contributed by atoms with Crippen LogP contribution in [0.15, 0.2) is 46.6 Å². The van der Waals surface area contributed by atoms with Crippen molar-refractivity contribution in [2.45, 2.75) is 12.5 Å². The molecule has 2 heterocycles. The summed E-state index contributed by atoms with van der Waals surface area (Å²) in [5.41, 5.74) is 0.268. The van der Waals surface area contributed by atoms with Crippen molar-refractivity contribution in [3.63, 3.8) is 0 Å². The Hall–Kier alpha value is -3.26. The first kappa shape index (κ1) is 21.4. The quantitative estimate of drug-likeness (QED) is 0.403. The normalized spacial score (nSPS) is 18.3. The summed E-state index contributed by atoms with van der Waals surface area (Å²) in [4.78, 5) is 29.2. The van der Waals surface area contributed by atoms with E-state index < -0.39 is 17.7 Å². The Bertz CT molecular complexity index is 949. The largest absolute Gasteiger partial charge is 0.507 e. The molecule has 0 bridgehead atoms. The zero-order valence-corrected chi connectivity index (χ0v) is 17.5. The summed E-state index contributed by atoms with van der Waals surface area (Å²) in [7, 11) is 6.85. The average molecular weight is 414 g/mol. The maximum absolute atomic E-state index is 12.9. The molecule has 0 saturated carbocycles. The van der Waals surface area contributed by atoms with Gasteiger partial charge < -0.3 is 28.8 Å². The van der Waals surface area contributed by atoms with E-state index in [1.165, 1.54) is 25.4 Å². The van der Waals surface area contributed by atoms with Crippen molar-refractivity contribution >= 4 is 17.4 Å². The predicted molar refractivity (Wildman–Crippen MR) is 110 cm³/mol. The van der Waals surface area contributed by atoms with Gasteiger partial charge in [-0.1, -0.05) is 0 Å². The molecule has 1 aliphatic heterocycles. The number of aliphatic hydroxyl groups is 1. The second-order valence-electron chi connectivity index (χ2n) is 7.23. The van der Waals surface area contributed by atoms with Crippen molar-refractivity contribution in [1.82, 2.24) is 9.80 Å². The van der Waals surface area contributed by atoms with Crippen LogP contribution in [-0.2, 0) is 9.59 Å². The Balaban J connectivity index is 2.09. The van der Waals surface area contributed by atoms with Crippen molar-refractivity contribution in [3.05, 3.63) is 53.5 Å². The van der Waals surface area contributed by atoms with E-state index in [4.69, 9.17) is 13.9 Å². The van der Waals surface area contributed by atoms with Crippen LogP contribution in [0.5, 0.6) is 11.5 Å². The summed E-state index contributed by atoms with van der Waals surface area (Å²) < 4.78 is 16.1. The lowest BCUT2D eigenvalue weighted by Gasteiger charge is -2.24. The SMILES string of the molecule is COc1ccc(/C(O)=C2\C(=O)C(=O)N(CCCN(C)C)[C@H]2c2ccco2)c(OC)c1. The van der Waals surface area contributed by atoms with E-state index in [-0.39, 0.29) is 11.3 Å². The molecule has 0 unspecified atom stereocenters. The summed E-state index contributed by atoms with van der Waals surface area (Å²) >= 11 is 0.